The molecule has 1 N–H and O–H groups in total. The average molecular weight is 473 g/mol. The molecule has 1 aliphatic carbocycles. The number of hydrogen-bond donors (Lipinski definition) is 1. The third-order valence-corrected chi connectivity index (χ3v) is 5.97. The number of alkyl halides is 3. The Kier molecular flexibility index (Phi) is 7.28. The molecular formula is C22H30F3N3O5. The Morgan fingerprint density at radius 1 is 1.30 bits per heavy atom. The molecule has 1 saturated carbocycles. The number of carbonyl (C=O) groups excluding carboxylic acids is 2. The average Bonchev–Trinajstić information content (AvgIpc) is 3.42. The lowest BCUT2D eigenvalue weighted by atomic mass is 9.91. The number of hydrogen-bond acceptors (Lipinski definition) is 6. The van der Waals surface area contributed by atoms with Crippen molar-refractivity contribution < 1.29 is 37.0 Å². The molecule has 11 heteroatoms. The third-order valence-electron chi connectivity index (χ3n) is 5.97. The maximum Gasteiger partial charge on any atom is 0.573 e. The summed E-state index contributed by atoms with van der Waals surface area (Å²) in [6.45, 7) is 6.31. The number of unbranched alkanes of at least 4 members (excludes halogenated alkanes) is 1. The Morgan fingerprint density at radius 2 is 2.03 bits per heavy atom. The van der Waals surface area contributed by atoms with Crippen LogP contribution in [0.4, 0.5) is 18.0 Å². The van der Waals surface area contributed by atoms with Crippen LogP contribution in [-0.2, 0) is 9.53 Å². The summed E-state index contributed by atoms with van der Waals surface area (Å²) in [6, 6.07) is 2.16. The second-order valence-electron chi connectivity index (χ2n) is 9.26. The minimum atomic E-state index is -4.89. The van der Waals surface area contributed by atoms with Gasteiger partial charge in [0.1, 0.15) is 6.61 Å². The number of rotatable bonds is 9. The van der Waals surface area contributed by atoms with E-state index >= 15 is 0 Å². The second kappa shape index (κ2) is 9.64. The quantitative estimate of drug-likeness (QED) is 0.547. The Morgan fingerprint density at radius 3 is 2.67 bits per heavy atom. The Hall–Kier alpha value is -2.72. The Bertz CT molecular complexity index is 858. The highest BCUT2D eigenvalue weighted by Crippen LogP contribution is 2.53. The number of amides is 2. The fourth-order valence-electron chi connectivity index (χ4n) is 3.72. The molecule has 1 aromatic heterocycles. The van der Waals surface area contributed by atoms with Gasteiger partial charge in [-0.3, -0.25) is 4.79 Å². The van der Waals surface area contributed by atoms with E-state index in [0.717, 1.165) is 31.7 Å². The maximum atomic E-state index is 13.0. The number of nitrogens with zero attached hydrogens (tertiary/aromatic N) is 2. The van der Waals surface area contributed by atoms with Crippen molar-refractivity contribution in [3.63, 3.8) is 0 Å². The first-order valence-corrected chi connectivity index (χ1v) is 11.0. The zero-order valence-corrected chi connectivity index (χ0v) is 19.0. The van der Waals surface area contributed by atoms with Gasteiger partial charge in [0.25, 0.3) is 5.88 Å². The van der Waals surface area contributed by atoms with Crippen LogP contribution in [0.3, 0.4) is 0 Å². The lowest BCUT2D eigenvalue weighted by Gasteiger charge is -2.27. The number of ether oxygens (including phenoxy) is 3. The third kappa shape index (κ3) is 6.42. The summed E-state index contributed by atoms with van der Waals surface area (Å²) < 4.78 is 52.5. The van der Waals surface area contributed by atoms with Gasteiger partial charge in [-0.15, -0.1) is 13.2 Å². The van der Waals surface area contributed by atoms with Crippen molar-refractivity contribution in [2.24, 2.45) is 10.8 Å². The molecule has 1 atom stereocenters. The zero-order valence-electron chi connectivity index (χ0n) is 19.0. The van der Waals surface area contributed by atoms with E-state index in [2.05, 4.69) is 15.0 Å². The molecule has 1 aliphatic heterocycles. The molecule has 2 amide bonds. The first-order valence-electron chi connectivity index (χ1n) is 11.0. The maximum absolute atomic E-state index is 13.0. The minimum Gasteiger partial charge on any atom is -0.474 e. The molecule has 0 radical (unpaired) electrons. The summed E-state index contributed by atoms with van der Waals surface area (Å²) in [5, 5.41) is 3.01. The van der Waals surface area contributed by atoms with E-state index in [0.29, 0.717) is 19.7 Å². The van der Waals surface area contributed by atoms with Crippen LogP contribution in [0.5, 0.6) is 11.6 Å². The molecule has 0 unspecified atom stereocenters. The van der Waals surface area contributed by atoms with Crippen LogP contribution in [0.1, 0.15) is 46.5 Å². The van der Waals surface area contributed by atoms with Crippen LogP contribution in [0, 0.1) is 10.8 Å². The van der Waals surface area contributed by atoms with Gasteiger partial charge in [0, 0.05) is 24.7 Å². The summed E-state index contributed by atoms with van der Waals surface area (Å²) >= 11 is 0. The van der Waals surface area contributed by atoms with E-state index in [1.54, 1.807) is 18.7 Å². The van der Waals surface area contributed by atoms with Crippen LogP contribution in [-0.4, -0.2) is 60.6 Å². The standard InChI is InChI=1S/C22H30F3N3O5/c1-4-5-11-31-19(30)28-12-16(21(13-28)8-9-21)27-18(29)20(2,3)14-32-17-15(7-6-10-26-17)33-22(23,24)25/h6-7,10,16H,4-5,8-9,11-14H2,1-3H3,(H,27,29)/t16-/m0/s1. The normalized spacial score (nSPS) is 19.3. The van der Waals surface area contributed by atoms with Crippen molar-refractivity contribution in [2.75, 3.05) is 26.3 Å². The summed E-state index contributed by atoms with van der Waals surface area (Å²) in [7, 11) is 0. The lowest BCUT2D eigenvalue weighted by Crippen LogP contribution is -2.49. The Labute approximate surface area is 190 Å². The second-order valence-corrected chi connectivity index (χ2v) is 9.26. The highest BCUT2D eigenvalue weighted by molar-refractivity contribution is 5.82. The van der Waals surface area contributed by atoms with Gasteiger partial charge in [0.05, 0.1) is 18.1 Å². The molecule has 2 heterocycles. The van der Waals surface area contributed by atoms with Crippen LogP contribution >= 0.6 is 0 Å². The van der Waals surface area contributed by atoms with E-state index < -0.39 is 17.5 Å². The molecule has 8 nitrogen and oxygen atoms in total. The van der Waals surface area contributed by atoms with Gasteiger partial charge in [-0.05, 0) is 45.2 Å². The van der Waals surface area contributed by atoms with E-state index in [1.807, 2.05) is 6.92 Å². The van der Waals surface area contributed by atoms with Crippen LogP contribution in [0.15, 0.2) is 18.3 Å². The number of carbonyl (C=O) groups is 2. The molecule has 1 saturated heterocycles. The van der Waals surface area contributed by atoms with Crippen molar-refractivity contribution in [3.05, 3.63) is 18.3 Å². The number of nitrogens with one attached hydrogen (secondary N) is 1. The minimum absolute atomic E-state index is 0.148. The predicted octanol–water partition coefficient (Wildman–Crippen LogP) is 3.90. The zero-order chi connectivity index (χ0) is 24.3. The van der Waals surface area contributed by atoms with Crippen LogP contribution < -0.4 is 14.8 Å². The van der Waals surface area contributed by atoms with Crippen molar-refractivity contribution in [2.45, 2.75) is 58.9 Å². The summed E-state index contributed by atoms with van der Waals surface area (Å²) in [5.74, 6) is -1.25. The van der Waals surface area contributed by atoms with Gasteiger partial charge in [0.2, 0.25) is 5.91 Å². The fourth-order valence-corrected chi connectivity index (χ4v) is 3.72. The molecule has 2 fully saturated rings. The molecule has 1 spiro atoms. The number of aromatic nitrogens is 1. The van der Waals surface area contributed by atoms with Gasteiger partial charge >= 0.3 is 12.5 Å². The largest absolute Gasteiger partial charge is 0.573 e. The van der Waals surface area contributed by atoms with E-state index in [4.69, 9.17) is 9.47 Å². The number of pyridine rings is 1. The molecule has 0 aromatic carbocycles. The van der Waals surface area contributed by atoms with E-state index in [-0.39, 0.29) is 35.9 Å². The van der Waals surface area contributed by atoms with Gasteiger partial charge in [-0.2, -0.15) is 0 Å². The van der Waals surface area contributed by atoms with Crippen molar-refractivity contribution in [1.29, 1.82) is 0 Å². The lowest BCUT2D eigenvalue weighted by molar-refractivity contribution is -0.275. The summed E-state index contributed by atoms with van der Waals surface area (Å²) in [4.78, 5) is 30.7. The van der Waals surface area contributed by atoms with Gasteiger partial charge < -0.3 is 24.4 Å². The first-order chi connectivity index (χ1) is 15.5. The topological polar surface area (TPSA) is 90.0 Å². The molecule has 1 aromatic rings. The smallest absolute Gasteiger partial charge is 0.474 e. The first kappa shape index (κ1) is 24.9. The Balaban J connectivity index is 1.57. The van der Waals surface area contributed by atoms with Gasteiger partial charge in [-0.25, -0.2) is 9.78 Å². The molecule has 0 bridgehead atoms. The molecular weight excluding hydrogens is 443 g/mol. The van der Waals surface area contributed by atoms with Crippen LogP contribution in [0.25, 0.3) is 0 Å². The van der Waals surface area contributed by atoms with Crippen molar-refractivity contribution in [3.8, 4) is 11.6 Å². The van der Waals surface area contributed by atoms with Gasteiger partial charge in [-0.1, -0.05) is 13.3 Å². The summed E-state index contributed by atoms with van der Waals surface area (Å²) in [6.07, 6.45) is -0.463. The van der Waals surface area contributed by atoms with E-state index in [9.17, 15) is 22.8 Å². The number of halogens is 3. The van der Waals surface area contributed by atoms with Crippen molar-refractivity contribution >= 4 is 12.0 Å². The SMILES string of the molecule is CCCCOC(=O)N1C[C@H](NC(=O)C(C)(C)COc2ncccc2OC(F)(F)F)C2(CC2)C1. The summed E-state index contributed by atoms with van der Waals surface area (Å²) in [5.41, 5.74) is -1.22. The van der Waals surface area contributed by atoms with Gasteiger partial charge in [0.15, 0.2) is 5.75 Å². The molecule has 184 valence electrons. The highest BCUT2D eigenvalue weighted by atomic mass is 19.4. The molecule has 3 rings (SSSR count). The van der Waals surface area contributed by atoms with Crippen LogP contribution in [0.2, 0.25) is 0 Å². The van der Waals surface area contributed by atoms with Crippen molar-refractivity contribution in [1.82, 2.24) is 15.2 Å². The predicted molar refractivity (Wildman–Crippen MR) is 112 cm³/mol. The number of likely N-dealkylation sites (tertiary alicyclic amines) is 1. The molecule has 2 aliphatic rings. The highest BCUT2D eigenvalue weighted by Gasteiger charge is 2.57. The molecule has 33 heavy (non-hydrogen) atoms. The van der Waals surface area contributed by atoms with E-state index in [1.165, 1.54) is 12.3 Å². The fraction of sp³-hybridized carbons (Fsp3) is 0.682. The monoisotopic (exact) mass is 473 g/mol.